The van der Waals surface area contributed by atoms with Crippen molar-refractivity contribution in [2.45, 2.75) is 6.54 Å². The van der Waals surface area contributed by atoms with Crippen molar-refractivity contribution < 1.29 is 4.79 Å². The van der Waals surface area contributed by atoms with E-state index in [4.69, 9.17) is 0 Å². The summed E-state index contributed by atoms with van der Waals surface area (Å²) in [6, 6.07) is 17.9. The number of aliphatic imine (C=N–C) groups is 1. The van der Waals surface area contributed by atoms with Crippen molar-refractivity contribution >= 4 is 17.8 Å². The molecule has 3 nitrogen and oxygen atoms in total. The number of carbonyl (C=O) groups excluding carboxylic acids is 1. The van der Waals surface area contributed by atoms with E-state index in [9.17, 15) is 4.79 Å². The van der Waals surface area contributed by atoms with Crippen molar-refractivity contribution in [1.82, 2.24) is 0 Å². The van der Waals surface area contributed by atoms with Crippen LogP contribution in [0.5, 0.6) is 0 Å². The second kappa shape index (κ2) is 5.06. The number of benzene rings is 2. The Bertz CT molecular complexity index is 620. The average Bonchev–Trinajstić information content (AvgIpc) is 2.61. The molecule has 0 N–H and O–H groups in total. The molecule has 0 radical (unpaired) electrons. The van der Waals surface area contributed by atoms with Crippen molar-refractivity contribution in [2.24, 2.45) is 4.99 Å². The molecule has 0 aliphatic carbocycles. The van der Waals surface area contributed by atoms with Gasteiger partial charge in [-0.1, -0.05) is 42.5 Å². The molecule has 0 saturated carbocycles. The number of anilines is 1. The van der Waals surface area contributed by atoms with Gasteiger partial charge in [-0.25, -0.2) is 4.99 Å². The first-order chi connectivity index (χ1) is 9.34. The molecule has 0 saturated heterocycles. The normalized spacial score (nSPS) is 14.1. The van der Waals surface area contributed by atoms with Crippen LogP contribution in [0.4, 0.5) is 5.69 Å². The fourth-order valence-electron chi connectivity index (χ4n) is 2.27. The molecule has 0 unspecified atom stereocenters. The third-order valence-electron chi connectivity index (χ3n) is 3.20. The maximum Gasteiger partial charge on any atom is 0.278 e. The van der Waals surface area contributed by atoms with Gasteiger partial charge >= 0.3 is 0 Å². The van der Waals surface area contributed by atoms with Crippen LogP contribution in [0.3, 0.4) is 0 Å². The lowest BCUT2D eigenvalue weighted by Crippen LogP contribution is -2.24. The molecule has 2 aromatic carbocycles. The smallest absolute Gasteiger partial charge is 0.278 e. The molecule has 1 aliphatic rings. The lowest BCUT2D eigenvalue weighted by molar-refractivity contribution is 0.100. The highest BCUT2D eigenvalue weighted by atomic mass is 16.1. The van der Waals surface area contributed by atoms with Gasteiger partial charge in [0.05, 0.1) is 17.8 Å². The van der Waals surface area contributed by atoms with Gasteiger partial charge in [0.1, 0.15) is 0 Å². The molecule has 2 aromatic rings. The molecular formula is C16H14N2O. The minimum Gasteiger partial charge on any atom is -0.361 e. The van der Waals surface area contributed by atoms with E-state index >= 15 is 0 Å². The maximum atomic E-state index is 11.9. The monoisotopic (exact) mass is 250 g/mol. The number of nitrogens with zero attached hydrogens (tertiary/aromatic N) is 2. The van der Waals surface area contributed by atoms with Crippen molar-refractivity contribution in [3.63, 3.8) is 0 Å². The molecule has 3 heteroatoms. The minimum atomic E-state index is -0.161. The zero-order valence-electron chi connectivity index (χ0n) is 10.5. The van der Waals surface area contributed by atoms with Crippen molar-refractivity contribution in [2.75, 3.05) is 11.4 Å². The second-order valence-electron chi connectivity index (χ2n) is 4.50. The highest BCUT2D eigenvalue weighted by molar-refractivity contribution is 6.05. The molecule has 1 aliphatic heterocycles. The predicted molar refractivity (Wildman–Crippen MR) is 76.8 cm³/mol. The fourth-order valence-corrected chi connectivity index (χ4v) is 2.27. The summed E-state index contributed by atoms with van der Waals surface area (Å²) in [7, 11) is 0. The van der Waals surface area contributed by atoms with E-state index in [0.29, 0.717) is 12.1 Å². The van der Waals surface area contributed by atoms with Gasteiger partial charge in [-0.15, -0.1) is 0 Å². The Morgan fingerprint density at radius 3 is 2.58 bits per heavy atom. The van der Waals surface area contributed by atoms with Crippen LogP contribution < -0.4 is 4.90 Å². The van der Waals surface area contributed by atoms with E-state index in [1.807, 2.05) is 42.5 Å². The number of para-hydroxylation sites is 1. The number of hydrogen-bond acceptors (Lipinski definition) is 2. The second-order valence-corrected chi connectivity index (χ2v) is 4.50. The first-order valence-electron chi connectivity index (χ1n) is 6.29. The molecule has 0 bridgehead atoms. The lowest BCUT2D eigenvalue weighted by Gasteiger charge is -2.23. The van der Waals surface area contributed by atoms with Gasteiger partial charge in [-0.3, -0.25) is 4.79 Å². The molecule has 0 atom stereocenters. The van der Waals surface area contributed by atoms with Gasteiger partial charge in [0, 0.05) is 12.8 Å². The molecule has 0 aromatic heterocycles. The van der Waals surface area contributed by atoms with Crippen LogP contribution in [0.15, 0.2) is 59.6 Å². The molecule has 0 fully saturated rings. The number of rotatable bonds is 2. The molecule has 1 amide bonds. The number of fused-ring (bicyclic) bond motifs is 1. The Labute approximate surface area is 112 Å². The first-order valence-corrected chi connectivity index (χ1v) is 6.29. The Morgan fingerprint density at radius 1 is 1.00 bits per heavy atom. The summed E-state index contributed by atoms with van der Waals surface area (Å²) >= 11 is 0. The Hall–Kier alpha value is -2.42. The fraction of sp³-hybridized carbons (Fsp3) is 0.125. The third-order valence-corrected chi connectivity index (χ3v) is 3.20. The lowest BCUT2D eigenvalue weighted by atomic mass is 10.1. The van der Waals surface area contributed by atoms with E-state index < -0.39 is 0 Å². The third kappa shape index (κ3) is 2.40. The average molecular weight is 250 g/mol. The van der Waals surface area contributed by atoms with Gasteiger partial charge in [0.25, 0.3) is 5.91 Å². The number of carbonyl (C=O) groups is 1. The van der Waals surface area contributed by atoms with Gasteiger partial charge in [0.2, 0.25) is 0 Å². The van der Waals surface area contributed by atoms with E-state index in [1.54, 1.807) is 6.21 Å². The van der Waals surface area contributed by atoms with Crippen LogP contribution >= 0.6 is 0 Å². The maximum absolute atomic E-state index is 11.9. The zero-order valence-corrected chi connectivity index (χ0v) is 10.5. The quantitative estimate of drug-likeness (QED) is 0.821. The van der Waals surface area contributed by atoms with E-state index in [0.717, 1.165) is 12.2 Å². The standard InChI is InChI=1S/C16H14N2O/c19-16-14-8-4-5-9-15(14)18(11-10-17-16)12-13-6-2-1-3-7-13/h1-10H,11-12H2. The summed E-state index contributed by atoms with van der Waals surface area (Å²) in [5.41, 5.74) is 2.85. The summed E-state index contributed by atoms with van der Waals surface area (Å²) < 4.78 is 0. The van der Waals surface area contributed by atoms with Gasteiger partial charge in [-0.05, 0) is 17.7 Å². The molecule has 94 valence electrons. The predicted octanol–water partition coefficient (Wildman–Crippen LogP) is 2.92. The summed E-state index contributed by atoms with van der Waals surface area (Å²) in [5.74, 6) is -0.161. The highest BCUT2D eigenvalue weighted by Crippen LogP contribution is 2.24. The van der Waals surface area contributed by atoms with Crippen LogP contribution in [0, 0.1) is 0 Å². The summed E-state index contributed by atoms with van der Waals surface area (Å²) in [5, 5.41) is 0. The minimum absolute atomic E-state index is 0.161. The molecule has 1 heterocycles. The van der Waals surface area contributed by atoms with Gasteiger partial charge < -0.3 is 4.90 Å². The van der Waals surface area contributed by atoms with Crippen LogP contribution in [0.1, 0.15) is 15.9 Å². The molecule has 3 rings (SSSR count). The highest BCUT2D eigenvalue weighted by Gasteiger charge is 2.17. The molecular weight excluding hydrogens is 236 g/mol. The van der Waals surface area contributed by atoms with Crippen molar-refractivity contribution in [3.8, 4) is 0 Å². The van der Waals surface area contributed by atoms with Crippen molar-refractivity contribution in [1.29, 1.82) is 0 Å². The van der Waals surface area contributed by atoms with Crippen LogP contribution in [0.25, 0.3) is 0 Å². The topological polar surface area (TPSA) is 32.7 Å². The van der Waals surface area contributed by atoms with Crippen molar-refractivity contribution in [3.05, 3.63) is 65.7 Å². The van der Waals surface area contributed by atoms with E-state index in [-0.39, 0.29) is 5.91 Å². The largest absolute Gasteiger partial charge is 0.361 e. The van der Waals surface area contributed by atoms with E-state index in [1.165, 1.54) is 5.56 Å². The molecule has 0 spiro atoms. The number of amides is 1. The Balaban J connectivity index is 1.96. The number of hydrogen-bond donors (Lipinski definition) is 0. The summed E-state index contributed by atoms with van der Waals surface area (Å²) in [6.45, 7) is 1.43. The zero-order chi connectivity index (χ0) is 13.1. The van der Waals surface area contributed by atoms with Crippen LogP contribution in [-0.2, 0) is 6.54 Å². The Kier molecular flexibility index (Phi) is 3.11. The van der Waals surface area contributed by atoms with E-state index in [2.05, 4.69) is 22.0 Å². The molecule has 19 heavy (non-hydrogen) atoms. The van der Waals surface area contributed by atoms with Crippen LogP contribution in [-0.4, -0.2) is 18.7 Å². The first kappa shape index (κ1) is 11.7. The Morgan fingerprint density at radius 2 is 1.74 bits per heavy atom. The summed E-state index contributed by atoms with van der Waals surface area (Å²) in [4.78, 5) is 18.0. The summed E-state index contributed by atoms with van der Waals surface area (Å²) in [6.07, 6.45) is 1.69. The van der Waals surface area contributed by atoms with Gasteiger partial charge in [-0.2, -0.15) is 0 Å². The van der Waals surface area contributed by atoms with Crippen LogP contribution in [0.2, 0.25) is 0 Å². The SMILES string of the molecule is O=C1N=CCN(Cc2ccccc2)c2ccccc21. The van der Waals surface area contributed by atoms with Gasteiger partial charge in [0.15, 0.2) is 0 Å².